The van der Waals surface area contributed by atoms with E-state index in [2.05, 4.69) is 36.9 Å². The van der Waals surface area contributed by atoms with Crippen LogP contribution in [-0.4, -0.2) is 60.2 Å². The number of carbonyl (C=O) groups excluding carboxylic acids is 1. The predicted octanol–water partition coefficient (Wildman–Crippen LogP) is 3.96. The fourth-order valence-corrected chi connectivity index (χ4v) is 5.02. The molecule has 3 aliphatic rings. The predicted molar refractivity (Wildman–Crippen MR) is 123 cm³/mol. The number of piperidine rings is 1. The summed E-state index contributed by atoms with van der Waals surface area (Å²) >= 11 is 0. The van der Waals surface area contributed by atoms with Gasteiger partial charge in [-0.1, -0.05) is 35.9 Å². The zero-order valence-electron chi connectivity index (χ0n) is 19.2. The van der Waals surface area contributed by atoms with Crippen molar-refractivity contribution in [3.05, 3.63) is 70.5 Å². The first-order valence-corrected chi connectivity index (χ1v) is 11.7. The molecule has 0 aromatic heterocycles. The van der Waals surface area contributed by atoms with Crippen LogP contribution in [0.5, 0.6) is 0 Å². The lowest BCUT2D eigenvalue weighted by Crippen LogP contribution is -2.48. The quantitative estimate of drug-likeness (QED) is 0.706. The van der Waals surface area contributed by atoms with Crippen LogP contribution in [0, 0.1) is 19.7 Å². The van der Waals surface area contributed by atoms with Crippen LogP contribution in [0.4, 0.5) is 4.39 Å². The maximum absolute atomic E-state index is 13.5. The van der Waals surface area contributed by atoms with E-state index in [-0.39, 0.29) is 17.8 Å². The van der Waals surface area contributed by atoms with E-state index in [1.54, 1.807) is 17.1 Å². The van der Waals surface area contributed by atoms with Crippen LogP contribution in [0.15, 0.2) is 47.6 Å². The van der Waals surface area contributed by atoms with Gasteiger partial charge in [-0.2, -0.15) is 5.10 Å². The molecule has 2 aromatic carbocycles. The maximum Gasteiger partial charge on any atom is 0.257 e. The molecule has 0 radical (unpaired) electrons. The van der Waals surface area contributed by atoms with Gasteiger partial charge < -0.3 is 9.47 Å². The number of likely N-dealkylation sites (tertiary alicyclic amines) is 1. The van der Waals surface area contributed by atoms with Gasteiger partial charge in [-0.05, 0) is 42.7 Å². The van der Waals surface area contributed by atoms with Gasteiger partial charge in [0.25, 0.3) is 5.91 Å². The number of benzene rings is 2. The highest BCUT2D eigenvalue weighted by molar-refractivity contribution is 6.03. The Morgan fingerprint density at radius 2 is 1.79 bits per heavy atom. The molecule has 2 saturated heterocycles. The topological polar surface area (TPSA) is 54.4 Å². The molecule has 1 atom stereocenters. The van der Waals surface area contributed by atoms with Crippen molar-refractivity contribution in [3.8, 4) is 0 Å². The average Bonchev–Trinajstić information content (AvgIpc) is 3.45. The summed E-state index contributed by atoms with van der Waals surface area (Å²) in [5.74, 6) is -0.765. The maximum atomic E-state index is 13.5. The Kier molecular flexibility index (Phi) is 6.03. The number of hydrazone groups is 1. The number of amides is 1. The molecule has 3 heterocycles. The molecule has 1 amide bonds. The van der Waals surface area contributed by atoms with E-state index in [0.29, 0.717) is 26.2 Å². The summed E-state index contributed by atoms with van der Waals surface area (Å²) in [7, 11) is 0. The molecule has 0 saturated carbocycles. The van der Waals surface area contributed by atoms with E-state index in [1.807, 2.05) is 0 Å². The molecule has 1 spiro atoms. The average molecular weight is 452 g/mol. The summed E-state index contributed by atoms with van der Waals surface area (Å²) in [6.07, 6.45) is 2.14. The monoisotopic (exact) mass is 451 g/mol. The van der Waals surface area contributed by atoms with Gasteiger partial charge in [0.1, 0.15) is 5.82 Å². The Morgan fingerprint density at radius 3 is 2.48 bits per heavy atom. The largest absolute Gasteiger partial charge is 0.347 e. The molecule has 7 heteroatoms. The number of hydrogen-bond donors (Lipinski definition) is 0. The third-order valence-corrected chi connectivity index (χ3v) is 6.93. The number of nitrogens with zero attached hydrogens (tertiary/aromatic N) is 3. The first kappa shape index (κ1) is 22.2. The molecule has 2 aromatic rings. The van der Waals surface area contributed by atoms with Crippen molar-refractivity contribution in [2.45, 2.75) is 44.9 Å². The van der Waals surface area contributed by atoms with Crippen molar-refractivity contribution >= 4 is 11.6 Å². The first-order chi connectivity index (χ1) is 15.9. The van der Waals surface area contributed by atoms with Crippen LogP contribution in [0.25, 0.3) is 0 Å². The summed E-state index contributed by atoms with van der Waals surface area (Å²) in [4.78, 5) is 15.6. The van der Waals surface area contributed by atoms with Crippen molar-refractivity contribution < 1.29 is 18.7 Å². The molecule has 5 rings (SSSR count). The van der Waals surface area contributed by atoms with Crippen molar-refractivity contribution in [1.29, 1.82) is 0 Å². The molecule has 0 bridgehead atoms. The van der Waals surface area contributed by atoms with Crippen LogP contribution in [0.1, 0.15) is 47.6 Å². The lowest BCUT2D eigenvalue weighted by molar-refractivity contribution is -0.186. The van der Waals surface area contributed by atoms with Crippen molar-refractivity contribution in [2.24, 2.45) is 5.10 Å². The number of rotatable bonds is 4. The molecule has 2 fully saturated rings. The summed E-state index contributed by atoms with van der Waals surface area (Å²) in [5.41, 5.74) is 5.04. The SMILES string of the molecule is Cc1ccc(C)c(C2CC(c3ccc(F)cc3)=NN2C(=O)CN2CCC3(CC2)OCCO3)c1. The Bertz CT molecular complexity index is 1050. The van der Waals surface area contributed by atoms with Gasteiger partial charge >= 0.3 is 0 Å². The third-order valence-electron chi connectivity index (χ3n) is 6.93. The van der Waals surface area contributed by atoms with Crippen LogP contribution < -0.4 is 0 Å². The second kappa shape index (κ2) is 8.97. The van der Waals surface area contributed by atoms with Crippen molar-refractivity contribution in [3.63, 3.8) is 0 Å². The van der Waals surface area contributed by atoms with Gasteiger partial charge in [-0.3, -0.25) is 9.69 Å². The second-order valence-corrected chi connectivity index (χ2v) is 9.26. The highest BCUT2D eigenvalue weighted by Crippen LogP contribution is 2.36. The van der Waals surface area contributed by atoms with Crippen LogP contribution >= 0.6 is 0 Å². The highest BCUT2D eigenvalue weighted by atomic mass is 19.1. The Morgan fingerprint density at radius 1 is 1.09 bits per heavy atom. The highest BCUT2D eigenvalue weighted by Gasteiger charge is 2.41. The molecule has 3 aliphatic heterocycles. The van der Waals surface area contributed by atoms with E-state index < -0.39 is 5.79 Å². The summed E-state index contributed by atoms with van der Waals surface area (Å²) in [6, 6.07) is 12.5. The molecule has 1 unspecified atom stereocenters. The fraction of sp³-hybridized carbons (Fsp3) is 0.462. The molecular formula is C26H30FN3O3. The van der Waals surface area contributed by atoms with E-state index >= 15 is 0 Å². The minimum atomic E-state index is -0.456. The number of aryl methyl sites for hydroxylation is 2. The molecule has 0 N–H and O–H groups in total. The summed E-state index contributed by atoms with van der Waals surface area (Å²) in [6.45, 7) is 7.22. The van der Waals surface area contributed by atoms with Crippen molar-refractivity contribution in [1.82, 2.24) is 9.91 Å². The van der Waals surface area contributed by atoms with Crippen LogP contribution in [-0.2, 0) is 14.3 Å². The second-order valence-electron chi connectivity index (χ2n) is 9.26. The van der Waals surface area contributed by atoms with Gasteiger partial charge in [0, 0.05) is 32.4 Å². The van der Waals surface area contributed by atoms with Gasteiger partial charge in [0.05, 0.1) is 31.5 Å². The number of halogens is 1. The molecule has 0 aliphatic carbocycles. The van der Waals surface area contributed by atoms with Crippen LogP contribution in [0.2, 0.25) is 0 Å². The van der Waals surface area contributed by atoms with E-state index in [9.17, 15) is 9.18 Å². The molecule has 174 valence electrons. The third kappa shape index (κ3) is 4.58. The van der Waals surface area contributed by atoms with Crippen molar-refractivity contribution in [2.75, 3.05) is 32.8 Å². The lowest BCUT2D eigenvalue weighted by atomic mass is 9.94. The van der Waals surface area contributed by atoms with Gasteiger partial charge in [0.15, 0.2) is 5.79 Å². The Balaban J connectivity index is 1.37. The Labute approximate surface area is 194 Å². The number of ether oxygens (including phenoxy) is 2. The number of hydrogen-bond acceptors (Lipinski definition) is 5. The standard InChI is InChI=1S/C26H30FN3O3/c1-18-3-4-19(2)22(15-18)24-16-23(20-5-7-21(27)8-6-20)28-30(24)25(31)17-29-11-9-26(10-12-29)32-13-14-33-26/h3-8,15,24H,9-14,16-17H2,1-2H3. The molecular weight excluding hydrogens is 421 g/mol. The minimum Gasteiger partial charge on any atom is -0.347 e. The zero-order valence-corrected chi connectivity index (χ0v) is 19.2. The van der Waals surface area contributed by atoms with Gasteiger partial charge in [0.2, 0.25) is 0 Å². The summed E-state index contributed by atoms with van der Waals surface area (Å²) < 4.78 is 25.1. The smallest absolute Gasteiger partial charge is 0.257 e. The van der Waals surface area contributed by atoms with Crippen LogP contribution in [0.3, 0.4) is 0 Å². The zero-order chi connectivity index (χ0) is 23.0. The molecule has 6 nitrogen and oxygen atoms in total. The van der Waals surface area contributed by atoms with Gasteiger partial charge in [-0.15, -0.1) is 0 Å². The minimum absolute atomic E-state index is 0.0257. The van der Waals surface area contributed by atoms with E-state index in [1.165, 1.54) is 12.1 Å². The fourth-order valence-electron chi connectivity index (χ4n) is 5.02. The van der Waals surface area contributed by atoms with E-state index in [4.69, 9.17) is 14.6 Å². The lowest BCUT2D eigenvalue weighted by Gasteiger charge is -2.37. The molecule has 33 heavy (non-hydrogen) atoms. The van der Waals surface area contributed by atoms with Gasteiger partial charge in [-0.25, -0.2) is 9.40 Å². The first-order valence-electron chi connectivity index (χ1n) is 11.7. The summed E-state index contributed by atoms with van der Waals surface area (Å²) in [5, 5.41) is 6.40. The van der Waals surface area contributed by atoms with E-state index in [0.717, 1.165) is 53.9 Å². The normalized spacial score (nSPS) is 22.7. The Hall–Kier alpha value is -2.61. The number of carbonyl (C=O) groups is 1.